The number of aromatic nitrogens is 1. The van der Waals surface area contributed by atoms with Crippen molar-refractivity contribution < 1.29 is 46.5 Å². The molecule has 0 aliphatic carbocycles. The van der Waals surface area contributed by atoms with E-state index in [0.717, 1.165) is 31.8 Å². The quantitative estimate of drug-likeness (QED) is 0.338. The number of rotatable bonds is 7. The average molecular weight is 499 g/mol. The van der Waals surface area contributed by atoms with Gasteiger partial charge in [-0.15, -0.1) is 0 Å². The number of hydrogen-bond acceptors (Lipinski definition) is 11. The Bertz CT molecular complexity index is 841. The summed E-state index contributed by atoms with van der Waals surface area (Å²) in [5.41, 5.74) is 0.699. The van der Waals surface area contributed by atoms with Crippen LogP contribution in [-0.2, 0) is 33.3 Å². The monoisotopic (exact) mass is 498 g/mol. The number of carbonyl (C=O) groups is 3. The van der Waals surface area contributed by atoms with E-state index in [1.165, 1.54) is 19.2 Å². The summed E-state index contributed by atoms with van der Waals surface area (Å²) < 4.78 is 59.4. The van der Waals surface area contributed by atoms with Crippen molar-refractivity contribution in [2.75, 3.05) is 6.61 Å². The number of nitrogens with zero attached hydrogens (tertiary/aromatic N) is 1. The van der Waals surface area contributed by atoms with Crippen molar-refractivity contribution in [2.24, 2.45) is 5.73 Å². The molecule has 1 aliphatic heterocycles. The molecule has 2 rings (SSSR count). The lowest BCUT2D eigenvalue weighted by Crippen LogP contribution is -2.63. The van der Waals surface area contributed by atoms with Crippen molar-refractivity contribution in [1.29, 1.82) is 0 Å². The molecule has 0 saturated carbocycles. The smallest absolute Gasteiger partial charge is 0.446 e. The minimum Gasteiger partial charge on any atom is -0.463 e. The molecule has 2 N–H and O–H groups in total. The molecular weight excluding hydrogens is 477 g/mol. The lowest BCUT2D eigenvalue weighted by atomic mass is 9.97. The third kappa shape index (κ3) is 8.15. The Morgan fingerprint density at radius 3 is 2.22 bits per heavy atom. The number of alkyl halides is 3. The zero-order valence-corrected chi connectivity index (χ0v) is 18.8. The summed E-state index contributed by atoms with van der Waals surface area (Å²) in [6.07, 6.45) is -0.890. The third-order valence-electron chi connectivity index (χ3n) is 3.93. The van der Waals surface area contributed by atoms with Crippen LogP contribution in [0.1, 0.15) is 20.8 Å². The zero-order valence-electron chi connectivity index (χ0n) is 17.2. The van der Waals surface area contributed by atoms with Crippen LogP contribution >= 0.6 is 23.5 Å². The van der Waals surface area contributed by atoms with E-state index >= 15 is 0 Å². The topological polar surface area (TPSA) is 127 Å². The van der Waals surface area contributed by atoms with Crippen molar-refractivity contribution >= 4 is 41.4 Å². The first-order chi connectivity index (χ1) is 14.9. The SMILES string of the molecule is CC(=O)OCC1OC(Sc2cncc(SC(F)(F)F)c2)C(OC(C)=O)C(N)C1OC(C)=O. The van der Waals surface area contributed by atoms with Gasteiger partial charge in [-0.1, -0.05) is 11.8 Å². The van der Waals surface area contributed by atoms with Crippen LogP contribution in [-0.4, -0.2) is 64.8 Å². The van der Waals surface area contributed by atoms with Gasteiger partial charge in [0.15, 0.2) is 6.10 Å². The molecule has 9 nitrogen and oxygen atoms in total. The molecule has 1 aliphatic rings. The van der Waals surface area contributed by atoms with Gasteiger partial charge < -0.3 is 24.7 Å². The molecule has 32 heavy (non-hydrogen) atoms. The number of pyridine rings is 1. The minimum atomic E-state index is -4.50. The second kappa shape index (κ2) is 11.2. The van der Waals surface area contributed by atoms with E-state index in [1.807, 2.05) is 0 Å². The Morgan fingerprint density at radius 1 is 1.06 bits per heavy atom. The molecule has 0 bridgehead atoms. The molecule has 1 aromatic rings. The van der Waals surface area contributed by atoms with E-state index in [9.17, 15) is 27.6 Å². The van der Waals surface area contributed by atoms with E-state index in [0.29, 0.717) is 0 Å². The maximum Gasteiger partial charge on any atom is 0.446 e. The lowest BCUT2D eigenvalue weighted by Gasteiger charge is -2.43. The fraction of sp³-hybridized carbons (Fsp3) is 0.556. The van der Waals surface area contributed by atoms with Crippen LogP contribution in [0.2, 0.25) is 0 Å². The highest BCUT2D eigenvalue weighted by Gasteiger charge is 2.48. The summed E-state index contributed by atoms with van der Waals surface area (Å²) in [4.78, 5) is 38.3. The summed E-state index contributed by atoms with van der Waals surface area (Å²) in [7, 11) is 0. The van der Waals surface area contributed by atoms with Crippen molar-refractivity contribution in [3.63, 3.8) is 0 Å². The largest absolute Gasteiger partial charge is 0.463 e. The fourth-order valence-corrected chi connectivity index (χ4v) is 4.63. The molecule has 0 radical (unpaired) electrons. The van der Waals surface area contributed by atoms with Crippen LogP contribution in [0.3, 0.4) is 0 Å². The Morgan fingerprint density at radius 2 is 1.66 bits per heavy atom. The number of esters is 3. The van der Waals surface area contributed by atoms with Crippen molar-refractivity contribution in [1.82, 2.24) is 4.98 Å². The van der Waals surface area contributed by atoms with Gasteiger partial charge >= 0.3 is 23.4 Å². The van der Waals surface area contributed by atoms with Gasteiger partial charge in [0.25, 0.3) is 0 Å². The molecule has 5 atom stereocenters. The summed E-state index contributed by atoms with van der Waals surface area (Å²) in [5.74, 6) is -1.99. The summed E-state index contributed by atoms with van der Waals surface area (Å²) in [6, 6.07) is 0.171. The van der Waals surface area contributed by atoms with Crippen molar-refractivity contribution in [2.45, 2.75) is 65.9 Å². The van der Waals surface area contributed by atoms with E-state index in [2.05, 4.69) is 4.98 Å². The fourth-order valence-electron chi connectivity index (χ4n) is 2.83. The number of nitrogens with two attached hydrogens (primary N) is 1. The average Bonchev–Trinajstić information content (AvgIpc) is 2.64. The molecule has 1 aromatic heterocycles. The second-order valence-corrected chi connectivity index (χ2v) is 8.90. The van der Waals surface area contributed by atoms with Crippen molar-refractivity contribution in [3.05, 3.63) is 18.5 Å². The van der Waals surface area contributed by atoms with Gasteiger partial charge in [-0.3, -0.25) is 19.4 Å². The molecule has 0 amide bonds. The predicted octanol–water partition coefficient (Wildman–Crippen LogP) is 2.26. The van der Waals surface area contributed by atoms with Gasteiger partial charge in [0.1, 0.15) is 24.3 Å². The molecule has 0 spiro atoms. The Kier molecular flexibility index (Phi) is 9.18. The molecule has 5 unspecified atom stereocenters. The van der Waals surface area contributed by atoms with Gasteiger partial charge in [-0.2, -0.15) is 13.2 Å². The zero-order chi connectivity index (χ0) is 24.1. The molecular formula is C18H21F3N2O7S2. The lowest BCUT2D eigenvalue weighted by molar-refractivity contribution is -0.201. The highest BCUT2D eigenvalue weighted by Crippen LogP contribution is 2.40. The molecule has 2 heterocycles. The molecule has 14 heteroatoms. The summed E-state index contributed by atoms with van der Waals surface area (Å²) in [6.45, 7) is 3.15. The van der Waals surface area contributed by atoms with Gasteiger partial charge in [0, 0.05) is 43.0 Å². The first kappa shape index (κ1) is 26.2. The number of ether oxygens (including phenoxy) is 4. The summed E-state index contributed by atoms with van der Waals surface area (Å²) in [5, 5.41) is 0. The van der Waals surface area contributed by atoms with Gasteiger partial charge in [0.2, 0.25) is 0 Å². The van der Waals surface area contributed by atoms with Crippen LogP contribution < -0.4 is 5.73 Å². The highest BCUT2D eigenvalue weighted by atomic mass is 32.2. The Hall–Kier alpha value is -2.03. The predicted molar refractivity (Wildman–Crippen MR) is 106 cm³/mol. The molecule has 1 fully saturated rings. The van der Waals surface area contributed by atoms with E-state index < -0.39 is 53.2 Å². The van der Waals surface area contributed by atoms with Crippen LogP contribution in [0.5, 0.6) is 0 Å². The molecule has 0 aromatic carbocycles. The van der Waals surface area contributed by atoms with Gasteiger partial charge in [0.05, 0.1) is 6.04 Å². The molecule has 178 valence electrons. The Balaban J connectivity index is 2.31. The van der Waals surface area contributed by atoms with E-state index in [1.54, 1.807) is 0 Å². The van der Waals surface area contributed by atoms with Crippen molar-refractivity contribution in [3.8, 4) is 0 Å². The number of carbonyl (C=O) groups excluding carboxylic acids is 3. The Labute approximate surface area is 189 Å². The van der Waals surface area contributed by atoms with Crippen LogP contribution in [0.25, 0.3) is 0 Å². The van der Waals surface area contributed by atoms with E-state index in [4.69, 9.17) is 24.7 Å². The number of halogens is 3. The first-order valence-corrected chi connectivity index (χ1v) is 10.8. The summed E-state index contributed by atoms with van der Waals surface area (Å²) >= 11 is 0.580. The molecule has 1 saturated heterocycles. The standard InChI is InChI=1S/C18H21F3N2O7S2/c1-8(24)27-7-13-15(28-9(2)25)14(22)16(29-10(3)26)17(30-13)31-11-4-12(6-23-5-11)32-18(19,20)21/h4-6,13-17H,7,22H2,1-3H3. The van der Waals surface area contributed by atoms with Gasteiger partial charge in [-0.25, -0.2) is 0 Å². The van der Waals surface area contributed by atoms with Crippen LogP contribution in [0, 0.1) is 0 Å². The van der Waals surface area contributed by atoms with Gasteiger partial charge in [-0.05, 0) is 17.8 Å². The highest BCUT2D eigenvalue weighted by molar-refractivity contribution is 8.00. The van der Waals surface area contributed by atoms with Crippen LogP contribution in [0.15, 0.2) is 28.3 Å². The minimum absolute atomic E-state index is 0.152. The maximum absolute atomic E-state index is 12.7. The normalized spacial score (nSPS) is 25.7. The number of hydrogen-bond donors (Lipinski definition) is 1. The van der Waals surface area contributed by atoms with E-state index in [-0.39, 0.29) is 28.2 Å². The second-order valence-electron chi connectivity index (χ2n) is 6.59. The van der Waals surface area contributed by atoms with Crippen LogP contribution in [0.4, 0.5) is 13.2 Å². The third-order valence-corrected chi connectivity index (χ3v) is 5.73. The number of thioether (sulfide) groups is 2. The first-order valence-electron chi connectivity index (χ1n) is 9.12. The maximum atomic E-state index is 12.7.